The normalized spacial score (nSPS) is 34.0. The van der Waals surface area contributed by atoms with Crippen molar-refractivity contribution in [2.24, 2.45) is 68.8 Å². The van der Waals surface area contributed by atoms with Gasteiger partial charge in [-0.1, -0.05) is 90.0 Å². The monoisotopic (exact) mass is 1270 g/mol. The summed E-state index contributed by atoms with van der Waals surface area (Å²) in [6.07, 6.45) is 11.8. The van der Waals surface area contributed by atoms with Crippen LogP contribution < -0.4 is 68.8 Å². The number of rotatable bonds is 15. The fourth-order valence-corrected chi connectivity index (χ4v) is 9.28. The molecule has 0 spiro atoms. The second-order valence-corrected chi connectivity index (χ2v) is 20.7. The van der Waals surface area contributed by atoms with Gasteiger partial charge in [-0.05, 0) is 103 Å². The molecule has 7 aliphatic rings. The third-order valence-electron chi connectivity index (χ3n) is 14.7. The van der Waals surface area contributed by atoms with Gasteiger partial charge >= 0.3 is 0 Å². The van der Waals surface area contributed by atoms with E-state index in [1.807, 2.05) is 90.0 Å². The van der Waals surface area contributed by atoms with E-state index in [1.165, 1.54) is 7.11 Å². The smallest absolute Gasteiger partial charge is 0.172 e. The maximum absolute atomic E-state index is 12.2. The first-order valence-corrected chi connectivity index (χ1v) is 33.0. The number of alkyl halides is 1. The summed E-state index contributed by atoms with van der Waals surface area (Å²) in [5, 5.41) is 8.83. The average molecular weight is 1270 g/mol. The minimum atomic E-state index is -0.573. The van der Waals surface area contributed by atoms with Crippen molar-refractivity contribution in [2.75, 3.05) is 62.5 Å². The molecule has 1 saturated carbocycles. The molecule has 10 unspecified atom stereocenters. The van der Waals surface area contributed by atoms with E-state index in [-0.39, 0.29) is 128 Å². The second kappa shape index (κ2) is 58.7. The van der Waals surface area contributed by atoms with Crippen LogP contribution >= 0.6 is 0 Å². The summed E-state index contributed by atoms with van der Waals surface area (Å²) in [4.78, 5) is 0. The Morgan fingerprint density at radius 2 is 0.701 bits per heavy atom. The number of methoxy groups -OCH3 is 6. The Kier molecular flexibility index (Phi) is 63.9. The van der Waals surface area contributed by atoms with Gasteiger partial charge in [-0.25, -0.2) is 4.39 Å². The van der Waals surface area contributed by atoms with Gasteiger partial charge in [-0.3, -0.25) is 0 Å². The van der Waals surface area contributed by atoms with Crippen LogP contribution in [0.3, 0.4) is 0 Å². The van der Waals surface area contributed by atoms with Gasteiger partial charge in [0.05, 0.1) is 91.6 Å². The molecular formula is C61H143FN12O13. The second-order valence-electron chi connectivity index (χ2n) is 20.7. The van der Waals surface area contributed by atoms with E-state index in [2.05, 4.69) is 6.92 Å². The van der Waals surface area contributed by atoms with Crippen molar-refractivity contribution in [3.05, 3.63) is 0 Å². The first-order valence-electron chi connectivity index (χ1n) is 33.0. The van der Waals surface area contributed by atoms with Gasteiger partial charge in [0.1, 0.15) is 6.67 Å². The van der Waals surface area contributed by atoms with Crippen molar-refractivity contribution >= 4 is 0 Å². The van der Waals surface area contributed by atoms with E-state index in [0.29, 0.717) is 13.0 Å². The molecule has 6 aliphatic heterocycles. The molecule has 0 amide bonds. The Hall–Kier alpha value is -1.07. The molecule has 7 rings (SSSR count). The highest BCUT2D eigenvalue weighted by Gasteiger charge is 2.49. The van der Waals surface area contributed by atoms with Crippen molar-refractivity contribution in [1.82, 2.24) is 0 Å². The van der Waals surface area contributed by atoms with Crippen molar-refractivity contribution in [3.8, 4) is 0 Å². The zero-order valence-corrected chi connectivity index (χ0v) is 58.6. The Labute approximate surface area is 529 Å². The van der Waals surface area contributed by atoms with Gasteiger partial charge in [-0.15, -0.1) is 0 Å². The fourth-order valence-electron chi connectivity index (χ4n) is 9.28. The van der Waals surface area contributed by atoms with Crippen LogP contribution in [0.1, 0.15) is 193 Å². The van der Waals surface area contributed by atoms with E-state index in [4.69, 9.17) is 131 Å². The third kappa shape index (κ3) is 38.0. The molecule has 25 N–H and O–H groups in total. The molecule has 26 heteroatoms. The molecule has 22 atom stereocenters. The molecule has 0 aromatic carbocycles. The quantitative estimate of drug-likeness (QED) is 0.110. The van der Waals surface area contributed by atoms with Gasteiger partial charge in [-0.2, -0.15) is 0 Å². The molecule has 6 saturated heterocycles. The highest BCUT2D eigenvalue weighted by Crippen LogP contribution is 2.41. The highest BCUT2D eigenvalue weighted by atomic mass is 19.1. The Balaban J connectivity index is -0.000000298. The van der Waals surface area contributed by atoms with Gasteiger partial charge in [0, 0.05) is 66.8 Å². The summed E-state index contributed by atoms with van der Waals surface area (Å²) in [7, 11) is 9.52. The van der Waals surface area contributed by atoms with Gasteiger partial charge < -0.3 is 131 Å². The van der Waals surface area contributed by atoms with Crippen molar-refractivity contribution in [1.29, 1.82) is 0 Å². The Bertz CT molecular complexity index is 1380. The van der Waals surface area contributed by atoms with E-state index in [9.17, 15) is 4.39 Å². The zero-order chi connectivity index (χ0) is 68.4. The summed E-state index contributed by atoms with van der Waals surface area (Å²) in [6, 6.07) is -0.988. The van der Waals surface area contributed by atoms with Crippen LogP contribution in [0.15, 0.2) is 0 Å². The molecular weight excluding hydrogens is 1130 g/mol. The maximum atomic E-state index is 12.2. The predicted octanol–water partition coefficient (Wildman–Crippen LogP) is 4.10. The number of aliphatic hydroxyl groups is 1. The third-order valence-corrected chi connectivity index (χ3v) is 14.7. The predicted molar refractivity (Wildman–Crippen MR) is 351 cm³/mol. The number of ether oxygens (including phenoxy) is 12. The lowest BCUT2D eigenvalue weighted by Crippen LogP contribution is -2.51. The molecule has 7 fully saturated rings. The van der Waals surface area contributed by atoms with Crippen LogP contribution in [0, 0.1) is 0 Å². The number of nitrogens with two attached hydrogens (primary N) is 12. The van der Waals surface area contributed by atoms with Crippen molar-refractivity contribution < 1.29 is 66.3 Å². The van der Waals surface area contributed by atoms with Crippen LogP contribution in [-0.2, 0) is 56.8 Å². The molecule has 6 heterocycles. The van der Waals surface area contributed by atoms with E-state index in [1.54, 1.807) is 35.5 Å². The summed E-state index contributed by atoms with van der Waals surface area (Å²) in [5.41, 5.74) is 68.7. The van der Waals surface area contributed by atoms with E-state index < -0.39 is 25.3 Å². The minimum absolute atomic E-state index is 0.00259. The van der Waals surface area contributed by atoms with Crippen molar-refractivity contribution in [3.63, 3.8) is 0 Å². The lowest BCUT2D eigenvalue weighted by atomic mass is 9.98. The minimum Gasteiger partial charge on any atom is -0.395 e. The maximum Gasteiger partial charge on any atom is 0.172 e. The van der Waals surface area contributed by atoms with Crippen LogP contribution in [0.25, 0.3) is 0 Å². The van der Waals surface area contributed by atoms with Crippen molar-refractivity contribution in [2.45, 2.75) is 334 Å². The van der Waals surface area contributed by atoms with E-state index >= 15 is 0 Å². The van der Waals surface area contributed by atoms with E-state index in [0.717, 1.165) is 89.9 Å². The summed E-state index contributed by atoms with van der Waals surface area (Å²) >= 11 is 0. The van der Waals surface area contributed by atoms with Crippen LogP contribution in [-0.4, -0.2) is 208 Å². The first kappa shape index (κ1) is 94.6. The summed E-state index contributed by atoms with van der Waals surface area (Å²) in [5.74, 6) is 0. The van der Waals surface area contributed by atoms with Crippen LogP contribution in [0.4, 0.5) is 4.39 Å². The standard InChI is InChI=1S/C9H18N2O2.C9H20N2O2.C8H17FN2O2.C8H18N2O3.C8H18N2O2.C7H16N2O2.6C2H6/c1-12-8-6(10)2-3-7(13-8)9(11)4-5-9;1-3-6(10)8-5-4-7(11)9(12-2)13-8;1-12-8-5(10)2-3-7(13-8)6(11)4-9;1-12-8-5(9)2-3-7(13-8)6(10)4-11;1-5(9)7-4-3-6(10)8(11-2)12-7;1-10-7-6(9)3-2-5(4-8)11-7;6*1-2/h6-8H,2-5,10-11H2,1H3;6-9H,3-5,10-11H2,1-2H3;5-8H,2-4,10-11H2,1H3;5-8,11H,2-4,9-10H2,1H3;5-8H,3-4,9-10H2,1-2H3;5-7H,2-4,8-9H2,1H3;6*1-2H3/t6-,7?,8+;6?,7-,8?,9+;2*5-,6?,7?,8+;5?,6-,7?,8+;5?,6-,7+;;;;;;/m111111....../s1. The number of hydrogen-bond donors (Lipinski definition) is 13. The Morgan fingerprint density at radius 3 is 0.989 bits per heavy atom. The lowest BCUT2D eigenvalue weighted by molar-refractivity contribution is -0.196. The SMILES string of the molecule is CC.CC.CC.CC.CC.CC.CCC(N)C1CC[C@@H](N)[C@@H](OC)O1.CO[C@H]1OC(C(C)N)CC[C@H]1N.CO[C@H]1OC(C(N)CF)CC[C@H]1N.CO[C@H]1OC(C(N)CO)CC[C@H]1N.CO[C@H]1OC(C2(N)CC2)CC[C@H]1N.CO[C@H]1OC(CN)CC[C@H]1N. The zero-order valence-electron chi connectivity index (χ0n) is 58.6. The fraction of sp³-hybridized carbons (Fsp3) is 1.00. The van der Waals surface area contributed by atoms with Crippen LogP contribution in [0.5, 0.6) is 0 Å². The van der Waals surface area contributed by atoms with Gasteiger partial charge in [0.15, 0.2) is 37.7 Å². The topological polar surface area (TPSA) is 443 Å². The number of halogens is 1. The molecule has 0 aromatic heterocycles. The van der Waals surface area contributed by atoms with Crippen LogP contribution in [0.2, 0.25) is 0 Å². The molecule has 87 heavy (non-hydrogen) atoms. The molecule has 0 aromatic rings. The van der Waals surface area contributed by atoms with Gasteiger partial charge in [0.2, 0.25) is 0 Å². The number of aliphatic hydroxyl groups excluding tert-OH is 1. The molecule has 25 nitrogen and oxygen atoms in total. The Morgan fingerprint density at radius 1 is 0.425 bits per heavy atom. The number of hydrogen-bond acceptors (Lipinski definition) is 25. The lowest BCUT2D eigenvalue weighted by Gasteiger charge is -2.36. The molecule has 1 aliphatic carbocycles. The largest absolute Gasteiger partial charge is 0.395 e. The first-order chi connectivity index (χ1) is 41.6. The summed E-state index contributed by atoms with van der Waals surface area (Å²) in [6.45, 7) is 27.9. The molecule has 0 bridgehead atoms. The highest BCUT2D eigenvalue weighted by molar-refractivity contribution is 5.06. The molecule has 532 valence electrons. The summed E-state index contributed by atoms with van der Waals surface area (Å²) < 4.78 is 75.8. The van der Waals surface area contributed by atoms with Gasteiger partial charge in [0.25, 0.3) is 0 Å². The average Bonchev–Trinajstić information content (AvgIpc) is 4.54. The molecule has 0 radical (unpaired) electrons.